The van der Waals surface area contributed by atoms with E-state index in [1.54, 1.807) is 0 Å². The summed E-state index contributed by atoms with van der Waals surface area (Å²) in [5, 5.41) is 4.19. The number of hydrogen-bond donors (Lipinski definition) is 0. The molecule has 2 aliphatic rings. The number of nitrogens with zero attached hydrogens (tertiary/aromatic N) is 3. The molecule has 0 spiro atoms. The predicted octanol–water partition coefficient (Wildman–Crippen LogP) is 6.22. The number of anilines is 1. The zero-order valence-electron chi connectivity index (χ0n) is 19.0. The second-order valence-electron chi connectivity index (χ2n) is 9.12. The van der Waals surface area contributed by atoms with Gasteiger partial charge in [0.1, 0.15) is 11.6 Å². The molecule has 2 heterocycles. The van der Waals surface area contributed by atoms with Crippen LogP contribution in [-0.2, 0) is 0 Å². The molecule has 2 amide bonds. The SMILES string of the molecule is O=C1[N]c2ccccc2N1C1CCN(CCCC(c2ccc(F)cc2)c2ccc(F)cc2)CC1. The van der Waals surface area contributed by atoms with Crippen molar-refractivity contribution in [1.29, 1.82) is 0 Å². The van der Waals surface area contributed by atoms with E-state index < -0.39 is 0 Å². The van der Waals surface area contributed by atoms with Gasteiger partial charge in [0.25, 0.3) is 0 Å². The molecule has 3 aromatic carbocycles. The summed E-state index contributed by atoms with van der Waals surface area (Å²) in [7, 11) is 0. The van der Waals surface area contributed by atoms with Crippen LogP contribution < -0.4 is 10.2 Å². The lowest BCUT2D eigenvalue weighted by Crippen LogP contribution is -2.46. The Labute approximate surface area is 199 Å². The first-order valence-electron chi connectivity index (χ1n) is 12.0. The molecule has 34 heavy (non-hydrogen) atoms. The molecule has 0 N–H and O–H groups in total. The van der Waals surface area contributed by atoms with Gasteiger partial charge >= 0.3 is 6.03 Å². The maximum Gasteiger partial charge on any atom is 0.348 e. The van der Waals surface area contributed by atoms with Crippen LogP contribution in [0.5, 0.6) is 0 Å². The molecule has 0 atom stereocenters. The minimum atomic E-state index is -0.253. The zero-order valence-corrected chi connectivity index (χ0v) is 19.0. The number of para-hydroxylation sites is 2. The highest BCUT2D eigenvalue weighted by Gasteiger charge is 2.35. The van der Waals surface area contributed by atoms with Gasteiger partial charge in [-0.1, -0.05) is 36.4 Å². The standard InChI is InChI=1S/C28H28F2N3O/c29-22-11-7-20(8-12-22)25(21-9-13-23(30)14-10-21)4-3-17-32-18-15-24(16-19-32)33-27-6-2-1-5-26(27)31-28(33)34/h1-2,5-14,24-25H,3-4,15-19H2. The van der Waals surface area contributed by atoms with E-state index in [-0.39, 0.29) is 29.6 Å². The molecule has 6 heteroatoms. The van der Waals surface area contributed by atoms with Crippen molar-refractivity contribution >= 4 is 17.4 Å². The lowest BCUT2D eigenvalue weighted by Gasteiger charge is -2.36. The van der Waals surface area contributed by atoms with E-state index in [2.05, 4.69) is 10.2 Å². The predicted molar refractivity (Wildman–Crippen MR) is 129 cm³/mol. The van der Waals surface area contributed by atoms with Crippen molar-refractivity contribution in [3.05, 3.63) is 95.6 Å². The Morgan fingerprint density at radius 2 is 1.44 bits per heavy atom. The molecule has 2 aliphatic heterocycles. The van der Waals surface area contributed by atoms with Gasteiger partial charge in [-0.2, -0.15) is 5.32 Å². The molecule has 1 radical (unpaired) electrons. The highest BCUT2D eigenvalue weighted by atomic mass is 19.1. The summed E-state index contributed by atoms with van der Waals surface area (Å²) in [6.07, 6.45) is 3.73. The van der Waals surface area contributed by atoms with Gasteiger partial charge in [0.2, 0.25) is 0 Å². The van der Waals surface area contributed by atoms with Crippen molar-refractivity contribution in [1.82, 2.24) is 10.2 Å². The third-order valence-electron chi connectivity index (χ3n) is 7.00. The lowest BCUT2D eigenvalue weighted by molar-refractivity contribution is 0.202. The fraction of sp³-hybridized carbons (Fsp3) is 0.321. The Morgan fingerprint density at radius 3 is 2.06 bits per heavy atom. The van der Waals surface area contributed by atoms with Crippen LogP contribution in [0.1, 0.15) is 42.7 Å². The first kappa shape index (κ1) is 22.5. The van der Waals surface area contributed by atoms with Gasteiger partial charge in [0.15, 0.2) is 0 Å². The third-order valence-corrected chi connectivity index (χ3v) is 7.00. The number of urea groups is 1. The molecule has 0 bridgehead atoms. The van der Waals surface area contributed by atoms with Crippen LogP contribution in [0.3, 0.4) is 0 Å². The normalized spacial score (nSPS) is 16.7. The topological polar surface area (TPSA) is 37.7 Å². The summed E-state index contributed by atoms with van der Waals surface area (Å²) in [4.78, 5) is 16.8. The van der Waals surface area contributed by atoms with E-state index in [0.29, 0.717) is 0 Å². The van der Waals surface area contributed by atoms with E-state index in [9.17, 15) is 13.6 Å². The number of fused-ring (bicyclic) bond motifs is 1. The second kappa shape index (κ2) is 9.94. The fourth-order valence-corrected chi connectivity index (χ4v) is 5.21. The van der Waals surface area contributed by atoms with Gasteiger partial charge in [-0.05, 0) is 79.8 Å². The Balaban J connectivity index is 1.18. The maximum atomic E-state index is 13.5. The summed E-state index contributed by atoms with van der Waals surface area (Å²) < 4.78 is 26.9. The van der Waals surface area contributed by atoms with E-state index in [0.717, 1.165) is 67.8 Å². The Bertz CT molecular complexity index is 1080. The van der Waals surface area contributed by atoms with Crippen molar-refractivity contribution < 1.29 is 13.6 Å². The number of piperidine rings is 1. The average molecular weight is 461 g/mol. The van der Waals surface area contributed by atoms with Gasteiger partial charge in [-0.25, -0.2) is 13.6 Å². The van der Waals surface area contributed by atoms with Crippen LogP contribution >= 0.6 is 0 Å². The van der Waals surface area contributed by atoms with Crippen molar-refractivity contribution in [2.75, 3.05) is 24.5 Å². The molecule has 0 aliphatic carbocycles. The van der Waals surface area contributed by atoms with Crippen molar-refractivity contribution in [2.45, 2.75) is 37.6 Å². The molecule has 1 fully saturated rings. The molecule has 0 aromatic heterocycles. The minimum Gasteiger partial charge on any atom is -0.303 e. The van der Waals surface area contributed by atoms with Gasteiger partial charge in [-0.3, -0.25) is 4.90 Å². The van der Waals surface area contributed by atoms with Gasteiger partial charge in [0, 0.05) is 25.0 Å². The summed E-state index contributed by atoms with van der Waals surface area (Å²) >= 11 is 0. The molecule has 0 saturated carbocycles. The quantitative estimate of drug-likeness (QED) is 0.420. The summed E-state index contributed by atoms with van der Waals surface area (Å²) in [6, 6.07) is 21.0. The van der Waals surface area contributed by atoms with Crippen LogP contribution in [0.15, 0.2) is 72.8 Å². The summed E-state index contributed by atoms with van der Waals surface area (Å²) in [6.45, 7) is 2.84. The first-order valence-corrected chi connectivity index (χ1v) is 12.0. The molecule has 175 valence electrons. The number of carbonyl (C=O) groups excluding carboxylic acids is 1. The van der Waals surface area contributed by atoms with Crippen LogP contribution in [-0.4, -0.2) is 36.6 Å². The summed E-state index contributed by atoms with van der Waals surface area (Å²) in [5.41, 5.74) is 3.78. The minimum absolute atomic E-state index is 0.0964. The molecule has 4 nitrogen and oxygen atoms in total. The van der Waals surface area contributed by atoms with E-state index in [4.69, 9.17) is 0 Å². The summed E-state index contributed by atoms with van der Waals surface area (Å²) in [5.74, 6) is -0.410. The number of hydrogen-bond acceptors (Lipinski definition) is 2. The second-order valence-corrected chi connectivity index (χ2v) is 9.12. The van der Waals surface area contributed by atoms with Crippen molar-refractivity contribution in [3.8, 4) is 0 Å². The van der Waals surface area contributed by atoms with E-state index in [1.165, 1.54) is 24.3 Å². The van der Waals surface area contributed by atoms with E-state index in [1.807, 2.05) is 53.4 Å². The average Bonchev–Trinajstić information content (AvgIpc) is 3.19. The van der Waals surface area contributed by atoms with Crippen LogP contribution in [0.2, 0.25) is 0 Å². The van der Waals surface area contributed by atoms with Crippen molar-refractivity contribution in [3.63, 3.8) is 0 Å². The van der Waals surface area contributed by atoms with Crippen LogP contribution in [0.4, 0.5) is 25.0 Å². The van der Waals surface area contributed by atoms with Crippen LogP contribution in [0, 0.1) is 11.6 Å². The van der Waals surface area contributed by atoms with Crippen molar-refractivity contribution in [2.24, 2.45) is 0 Å². The molecule has 3 aromatic rings. The van der Waals surface area contributed by atoms with Crippen LogP contribution in [0.25, 0.3) is 0 Å². The lowest BCUT2D eigenvalue weighted by atomic mass is 9.87. The van der Waals surface area contributed by atoms with Gasteiger partial charge in [-0.15, -0.1) is 0 Å². The molecule has 1 saturated heterocycles. The first-order chi connectivity index (χ1) is 16.6. The Hall–Kier alpha value is -3.25. The number of likely N-dealkylation sites (tertiary alicyclic amines) is 1. The smallest absolute Gasteiger partial charge is 0.303 e. The van der Waals surface area contributed by atoms with Gasteiger partial charge < -0.3 is 4.90 Å². The molecular weight excluding hydrogens is 432 g/mol. The largest absolute Gasteiger partial charge is 0.348 e. The van der Waals surface area contributed by atoms with Gasteiger partial charge in [0.05, 0.1) is 11.4 Å². The number of halogens is 2. The highest BCUT2D eigenvalue weighted by Crippen LogP contribution is 2.36. The molecule has 0 unspecified atom stereocenters. The van der Waals surface area contributed by atoms with E-state index >= 15 is 0 Å². The number of rotatable bonds is 7. The highest BCUT2D eigenvalue weighted by molar-refractivity contribution is 6.04. The molecular formula is C28H28F2N3O. The number of benzene rings is 3. The Morgan fingerprint density at radius 1 is 0.853 bits per heavy atom. The maximum absolute atomic E-state index is 13.5. The third kappa shape index (κ3) is 4.82. The fourth-order valence-electron chi connectivity index (χ4n) is 5.21. The number of carbonyl (C=O) groups is 1. The zero-order chi connectivity index (χ0) is 23.5. The Kier molecular flexibility index (Phi) is 6.59. The molecule has 5 rings (SSSR count). The monoisotopic (exact) mass is 460 g/mol. The number of amides is 2.